The average molecular weight is 364 g/mol. The second-order valence-electron chi connectivity index (χ2n) is 8.76. The standard InChI is InChI=1S/C20H30F2N4/c1-14-7-8-15(2)26(14)18-11-17(19(3,4)5)25(23-18)12-16-9-10-24(6)13-20(16,21)22/h7-8,11,16H,9-10,12-13H2,1-6H3. The number of likely N-dealkylation sites (tertiary alicyclic amines) is 1. The molecule has 0 radical (unpaired) electrons. The van der Waals surface area contributed by atoms with Gasteiger partial charge in [-0.25, -0.2) is 8.78 Å². The zero-order chi connectivity index (χ0) is 19.3. The predicted molar refractivity (Wildman–Crippen MR) is 100 cm³/mol. The molecule has 6 heteroatoms. The highest BCUT2D eigenvalue weighted by molar-refractivity contribution is 5.34. The number of piperidine rings is 1. The maximum atomic E-state index is 14.6. The molecule has 1 unspecified atom stereocenters. The normalized spacial score (nSPS) is 21.3. The lowest BCUT2D eigenvalue weighted by Crippen LogP contribution is -2.48. The second-order valence-corrected chi connectivity index (χ2v) is 8.76. The van der Waals surface area contributed by atoms with Crippen LogP contribution in [0.1, 0.15) is 44.3 Å². The van der Waals surface area contributed by atoms with Crippen molar-refractivity contribution in [3.63, 3.8) is 0 Å². The molecule has 26 heavy (non-hydrogen) atoms. The number of halogens is 2. The molecule has 0 N–H and O–H groups in total. The van der Waals surface area contributed by atoms with E-state index in [0.29, 0.717) is 13.0 Å². The molecule has 0 saturated carbocycles. The Bertz CT molecular complexity index is 763. The summed E-state index contributed by atoms with van der Waals surface area (Å²) in [5.74, 6) is -2.56. The molecule has 1 aliphatic rings. The lowest BCUT2D eigenvalue weighted by atomic mass is 9.90. The highest BCUT2D eigenvalue weighted by atomic mass is 19.3. The summed E-state index contributed by atoms with van der Waals surface area (Å²) in [5, 5.41) is 4.75. The fourth-order valence-corrected chi connectivity index (χ4v) is 3.87. The van der Waals surface area contributed by atoms with Crippen LogP contribution in [0.5, 0.6) is 0 Å². The molecule has 0 aromatic carbocycles. The first-order valence-corrected chi connectivity index (χ1v) is 9.29. The molecule has 1 aliphatic heterocycles. The Balaban J connectivity index is 1.99. The fourth-order valence-electron chi connectivity index (χ4n) is 3.87. The Labute approximate surface area is 154 Å². The molecule has 2 aromatic heterocycles. The van der Waals surface area contributed by atoms with Crippen LogP contribution in [0, 0.1) is 19.8 Å². The van der Waals surface area contributed by atoms with Gasteiger partial charge in [0.15, 0.2) is 5.82 Å². The molecule has 0 amide bonds. The smallest absolute Gasteiger partial charge is 0.265 e. The van der Waals surface area contributed by atoms with Crippen LogP contribution in [0.2, 0.25) is 0 Å². The van der Waals surface area contributed by atoms with Crippen molar-refractivity contribution in [1.82, 2.24) is 19.2 Å². The van der Waals surface area contributed by atoms with Gasteiger partial charge in [-0.3, -0.25) is 4.68 Å². The summed E-state index contributed by atoms with van der Waals surface area (Å²) >= 11 is 0. The maximum Gasteiger partial charge on any atom is 0.265 e. The van der Waals surface area contributed by atoms with Gasteiger partial charge in [0.1, 0.15) is 0 Å². The minimum atomic E-state index is -2.69. The van der Waals surface area contributed by atoms with Crippen molar-refractivity contribution in [3.8, 4) is 5.82 Å². The molecule has 3 heterocycles. The number of aryl methyl sites for hydroxylation is 2. The Morgan fingerprint density at radius 1 is 1.19 bits per heavy atom. The molecule has 0 aliphatic carbocycles. The lowest BCUT2D eigenvalue weighted by molar-refractivity contribution is -0.111. The number of hydrogen-bond acceptors (Lipinski definition) is 2. The third kappa shape index (κ3) is 3.56. The molecule has 1 saturated heterocycles. The number of aromatic nitrogens is 3. The van der Waals surface area contributed by atoms with Crippen LogP contribution in [0.3, 0.4) is 0 Å². The van der Waals surface area contributed by atoms with Gasteiger partial charge < -0.3 is 9.47 Å². The van der Waals surface area contributed by atoms with Gasteiger partial charge in [0.25, 0.3) is 5.92 Å². The van der Waals surface area contributed by atoms with Crippen molar-refractivity contribution < 1.29 is 8.78 Å². The number of rotatable bonds is 3. The van der Waals surface area contributed by atoms with Crippen molar-refractivity contribution in [2.45, 2.75) is 58.9 Å². The van der Waals surface area contributed by atoms with E-state index in [2.05, 4.69) is 37.5 Å². The van der Waals surface area contributed by atoms with E-state index in [1.807, 2.05) is 24.6 Å². The van der Waals surface area contributed by atoms with Crippen LogP contribution < -0.4 is 0 Å². The lowest BCUT2D eigenvalue weighted by Gasteiger charge is -2.37. The summed E-state index contributed by atoms with van der Waals surface area (Å²) in [6, 6.07) is 6.15. The summed E-state index contributed by atoms with van der Waals surface area (Å²) in [6.45, 7) is 11.2. The van der Waals surface area contributed by atoms with Gasteiger partial charge >= 0.3 is 0 Å². The Morgan fingerprint density at radius 3 is 2.35 bits per heavy atom. The minimum Gasteiger partial charge on any atom is -0.302 e. The van der Waals surface area contributed by atoms with Crippen molar-refractivity contribution in [2.24, 2.45) is 5.92 Å². The molecule has 0 spiro atoms. The summed E-state index contributed by atoms with van der Waals surface area (Å²) in [6.07, 6.45) is 0.490. The minimum absolute atomic E-state index is 0.166. The topological polar surface area (TPSA) is 26.0 Å². The van der Waals surface area contributed by atoms with Crippen LogP contribution in [0.15, 0.2) is 18.2 Å². The molecule has 4 nitrogen and oxygen atoms in total. The van der Waals surface area contributed by atoms with Gasteiger partial charge in [0.05, 0.1) is 6.54 Å². The molecular weight excluding hydrogens is 334 g/mol. The van der Waals surface area contributed by atoms with E-state index in [1.165, 1.54) is 0 Å². The maximum absolute atomic E-state index is 14.6. The van der Waals surface area contributed by atoms with Crippen LogP contribution in [-0.2, 0) is 12.0 Å². The highest BCUT2D eigenvalue weighted by Crippen LogP contribution is 2.35. The van der Waals surface area contributed by atoms with Crippen molar-refractivity contribution in [3.05, 3.63) is 35.3 Å². The van der Waals surface area contributed by atoms with Crippen molar-refractivity contribution in [2.75, 3.05) is 20.1 Å². The molecule has 3 rings (SSSR count). The van der Waals surface area contributed by atoms with E-state index in [-0.39, 0.29) is 18.5 Å². The molecule has 2 aromatic rings. The summed E-state index contributed by atoms with van der Waals surface area (Å²) in [5.41, 5.74) is 3.02. The zero-order valence-corrected chi connectivity index (χ0v) is 16.7. The van der Waals surface area contributed by atoms with Crippen molar-refractivity contribution >= 4 is 0 Å². The Kier molecular flexibility index (Phi) is 4.76. The predicted octanol–water partition coefficient (Wildman–Crippen LogP) is 4.18. The van der Waals surface area contributed by atoms with Gasteiger partial charge in [-0.15, -0.1) is 0 Å². The van der Waals surface area contributed by atoms with E-state index in [1.54, 1.807) is 11.9 Å². The summed E-state index contributed by atoms with van der Waals surface area (Å²) < 4.78 is 33.0. The first-order chi connectivity index (χ1) is 12.0. The number of alkyl halides is 2. The monoisotopic (exact) mass is 364 g/mol. The first kappa shape index (κ1) is 19.1. The van der Waals surface area contributed by atoms with E-state index in [0.717, 1.165) is 22.9 Å². The average Bonchev–Trinajstić information content (AvgIpc) is 3.04. The Morgan fingerprint density at radius 2 is 1.81 bits per heavy atom. The number of nitrogens with zero attached hydrogens (tertiary/aromatic N) is 4. The summed E-state index contributed by atoms with van der Waals surface area (Å²) in [4.78, 5) is 1.71. The van der Waals surface area contributed by atoms with E-state index in [4.69, 9.17) is 5.10 Å². The van der Waals surface area contributed by atoms with E-state index in [9.17, 15) is 8.78 Å². The zero-order valence-electron chi connectivity index (χ0n) is 16.7. The first-order valence-electron chi connectivity index (χ1n) is 9.29. The van der Waals surface area contributed by atoms with Crippen LogP contribution in [0.25, 0.3) is 5.82 Å². The van der Waals surface area contributed by atoms with Gasteiger partial charge in [-0.1, -0.05) is 20.8 Å². The van der Waals surface area contributed by atoms with Gasteiger partial charge in [-0.2, -0.15) is 5.10 Å². The Hall–Kier alpha value is -1.69. The molecule has 144 valence electrons. The van der Waals surface area contributed by atoms with Crippen LogP contribution in [-0.4, -0.2) is 45.3 Å². The SMILES string of the molecule is Cc1ccc(C)n1-c1cc(C(C)(C)C)n(CC2CCN(C)CC2(F)F)n1. The number of hydrogen-bond donors (Lipinski definition) is 0. The quantitative estimate of drug-likeness (QED) is 0.817. The van der Waals surface area contributed by atoms with Gasteiger partial charge in [0.2, 0.25) is 0 Å². The van der Waals surface area contributed by atoms with Gasteiger partial charge in [-0.05, 0) is 46.0 Å². The molecule has 1 fully saturated rings. The van der Waals surface area contributed by atoms with Crippen LogP contribution in [0.4, 0.5) is 8.78 Å². The second kappa shape index (κ2) is 6.48. The van der Waals surface area contributed by atoms with Crippen LogP contribution >= 0.6 is 0 Å². The molecule has 0 bridgehead atoms. The highest BCUT2D eigenvalue weighted by Gasteiger charge is 2.44. The summed E-state index contributed by atoms with van der Waals surface area (Å²) in [7, 11) is 1.76. The third-order valence-corrected chi connectivity index (χ3v) is 5.37. The fraction of sp³-hybridized carbons (Fsp3) is 0.650. The molecular formula is C20H30F2N4. The van der Waals surface area contributed by atoms with E-state index < -0.39 is 11.8 Å². The third-order valence-electron chi connectivity index (χ3n) is 5.37. The molecule has 1 atom stereocenters. The van der Waals surface area contributed by atoms with E-state index >= 15 is 0 Å². The van der Waals surface area contributed by atoms with Gasteiger partial charge in [0, 0.05) is 41.0 Å². The van der Waals surface area contributed by atoms with Crippen molar-refractivity contribution in [1.29, 1.82) is 0 Å². The largest absolute Gasteiger partial charge is 0.302 e.